The Morgan fingerprint density at radius 2 is 1.82 bits per heavy atom. The van der Waals surface area contributed by atoms with Gasteiger partial charge in [0.1, 0.15) is 0 Å². The maximum atomic E-state index is 13.4. The van der Waals surface area contributed by atoms with Gasteiger partial charge in [0.25, 0.3) is 10.0 Å². The van der Waals surface area contributed by atoms with Crippen molar-refractivity contribution in [3.8, 4) is 17.1 Å². The van der Waals surface area contributed by atoms with Crippen molar-refractivity contribution < 1.29 is 13.2 Å². The molecule has 0 saturated heterocycles. The average Bonchev–Trinajstić information content (AvgIpc) is 3.26. The van der Waals surface area contributed by atoms with Crippen LogP contribution in [0.5, 0.6) is 5.88 Å². The first-order chi connectivity index (χ1) is 16.1. The van der Waals surface area contributed by atoms with Crippen molar-refractivity contribution in [3.63, 3.8) is 0 Å². The summed E-state index contributed by atoms with van der Waals surface area (Å²) in [6.45, 7) is 0. The zero-order chi connectivity index (χ0) is 22.8. The van der Waals surface area contributed by atoms with E-state index in [-0.39, 0.29) is 4.90 Å². The smallest absolute Gasteiger partial charge is 0.269 e. The molecular weight excluding hydrogens is 438 g/mol. The predicted octanol–water partition coefficient (Wildman–Crippen LogP) is 4.48. The number of anilines is 1. The zero-order valence-corrected chi connectivity index (χ0v) is 19.1. The quantitative estimate of drug-likeness (QED) is 0.450. The number of hydrogen-bond donors (Lipinski definition) is 1. The molecule has 0 unspecified atom stereocenters. The molecule has 0 amide bonds. The van der Waals surface area contributed by atoms with Gasteiger partial charge in [-0.3, -0.25) is 0 Å². The van der Waals surface area contributed by atoms with Gasteiger partial charge >= 0.3 is 0 Å². The Hall–Kier alpha value is -3.46. The van der Waals surface area contributed by atoms with Gasteiger partial charge in [0, 0.05) is 35.5 Å². The largest absolute Gasteiger partial charge is 0.481 e. The Balaban J connectivity index is 1.63. The van der Waals surface area contributed by atoms with E-state index >= 15 is 0 Å². The zero-order valence-electron chi connectivity index (χ0n) is 18.3. The Morgan fingerprint density at radius 3 is 2.58 bits per heavy atom. The van der Waals surface area contributed by atoms with E-state index in [0.29, 0.717) is 40.2 Å². The Labute approximate surface area is 192 Å². The number of nitrogens with one attached hydrogen (secondary N) is 1. The molecule has 1 fully saturated rings. The summed E-state index contributed by atoms with van der Waals surface area (Å²) in [4.78, 5) is 13.8. The summed E-state index contributed by atoms with van der Waals surface area (Å²) in [6, 6.07) is 14.0. The molecule has 0 atom stereocenters. The molecule has 3 heterocycles. The minimum atomic E-state index is -3.84. The van der Waals surface area contributed by atoms with Gasteiger partial charge in [0.2, 0.25) is 11.8 Å². The standard InChI is InChI=1S/C24H25N5O3S/c1-32-22-15-21(27-24(28-22)26-17-9-4-2-5-10-17)20-16-29(23-19(20)13-8-14-25-23)33(30,31)18-11-6-3-7-12-18/h3,6-8,11-17H,2,4-5,9-10H2,1H3,(H,26,27,28). The van der Waals surface area contributed by atoms with Gasteiger partial charge in [-0.15, -0.1) is 0 Å². The highest BCUT2D eigenvalue weighted by atomic mass is 32.2. The second kappa shape index (κ2) is 8.82. The van der Waals surface area contributed by atoms with Crippen LogP contribution in [-0.2, 0) is 10.0 Å². The highest BCUT2D eigenvalue weighted by Crippen LogP contribution is 2.33. The van der Waals surface area contributed by atoms with Crippen LogP contribution in [-0.4, -0.2) is 40.5 Å². The number of nitrogens with zero attached hydrogens (tertiary/aromatic N) is 4. The topological polar surface area (TPSA) is 99.0 Å². The van der Waals surface area contributed by atoms with Crippen LogP contribution in [0.3, 0.4) is 0 Å². The average molecular weight is 464 g/mol. The van der Waals surface area contributed by atoms with Crippen LogP contribution >= 0.6 is 0 Å². The lowest BCUT2D eigenvalue weighted by atomic mass is 9.96. The summed E-state index contributed by atoms with van der Waals surface area (Å²) >= 11 is 0. The molecule has 9 heteroatoms. The molecule has 0 bridgehead atoms. The highest BCUT2D eigenvalue weighted by Gasteiger charge is 2.24. The minimum absolute atomic E-state index is 0.194. The van der Waals surface area contributed by atoms with Gasteiger partial charge in [0.15, 0.2) is 5.65 Å². The van der Waals surface area contributed by atoms with Gasteiger partial charge in [-0.25, -0.2) is 22.4 Å². The number of benzene rings is 1. The van der Waals surface area contributed by atoms with E-state index in [9.17, 15) is 8.42 Å². The normalized spacial score (nSPS) is 14.9. The fraction of sp³-hybridized carbons (Fsp3) is 0.292. The lowest BCUT2D eigenvalue weighted by Gasteiger charge is -2.23. The SMILES string of the molecule is COc1cc(-c2cn(S(=O)(=O)c3ccccc3)c3ncccc23)nc(NC2CCCCC2)n1. The molecule has 1 aliphatic carbocycles. The summed E-state index contributed by atoms with van der Waals surface area (Å²) in [5, 5.41) is 4.12. The third kappa shape index (κ3) is 4.16. The van der Waals surface area contributed by atoms with Crippen LogP contribution in [0.25, 0.3) is 22.3 Å². The molecule has 5 rings (SSSR count). The van der Waals surface area contributed by atoms with Crippen molar-refractivity contribution in [1.29, 1.82) is 0 Å². The first kappa shape index (κ1) is 21.4. The summed E-state index contributed by atoms with van der Waals surface area (Å²) in [6.07, 6.45) is 8.94. The number of fused-ring (bicyclic) bond motifs is 1. The molecule has 3 aromatic heterocycles. The molecular formula is C24H25N5O3S. The number of rotatable bonds is 6. The van der Waals surface area contributed by atoms with E-state index in [0.717, 1.165) is 12.8 Å². The first-order valence-corrected chi connectivity index (χ1v) is 12.5. The molecule has 0 spiro atoms. The van der Waals surface area contributed by atoms with E-state index in [1.54, 1.807) is 62.0 Å². The van der Waals surface area contributed by atoms with Gasteiger partial charge < -0.3 is 10.1 Å². The van der Waals surface area contributed by atoms with Crippen LogP contribution in [0.4, 0.5) is 5.95 Å². The fourth-order valence-electron chi connectivity index (χ4n) is 4.29. The molecule has 1 aromatic carbocycles. The lowest BCUT2D eigenvalue weighted by Crippen LogP contribution is -2.23. The molecule has 1 aliphatic rings. The van der Waals surface area contributed by atoms with Crippen LogP contribution in [0.2, 0.25) is 0 Å². The summed E-state index contributed by atoms with van der Waals surface area (Å²) in [7, 11) is -2.28. The lowest BCUT2D eigenvalue weighted by molar-refractivity contribution is 0.397. The number of hydrogen-bond acceptors (Lipinski definition) is 7. The first-order valence-electron chi connectivity index (χ1n) is 11.0. The summed E-state index contributed by atoms with van der Waals surface area (Å²) < 4.78 is 33.4. The number of ether oxygens (including phenoxy) is 1. The Bertz CT molecular complexity index is 1380. The molecule has 0 radical (unpaired) electrons. The summed E-state index contributed by atoms with van der Waals surface area (Å²) in [5.41, 5.74) is 1.56. The van der Waals surface area contributed by atoms with Gasteiger partial charge in [-0.1, -0.05) is 37.5 Å². The molecule has 33 heavy (non-hydrogen) atoms. The monoisotopic (exact) mass is 463 g/mol. The van der Waals surface area contributed by atoms with Crippen molar-refractivity contribution in [2.24, 2.45) is 0 Å². The third-order valence-corrected chi connectivity index (χ3v) is 7.62. The highest BCUT2D eigenvalue weighted by molar-refractivity contribution is 7.90. The van der Waals surface area contributed by atoms with E-state index in [4.69, 9.17) is 9.72 Å². The number of pyridine rings is 1. The molecule has 8 nitrogen and oxygen atoms in total. The molecule has 1 N–H and O–H groups in total. The molecule has 4 aromatic rings. The molecule has 0 aliphatic heterocycles. The van der Waals surface area contributed by atoms with Crippen molar-refractivity contribution in [1.82, 2.24) is 18.9 Å². The number of methoxy groups -OCH3 is 1. The van der Waals surface area contributed by atoms with E-state index in [1.807, 2.05) is 6.07 Å². The molecule has 1 saturated carbocycles. The Kier molecular flexibility index (Phi) is 5.72. The van der Waals surface area contributed by atoms with Crippen molar-refractivity contribution in [3.05, 3.63) is 60.9 Å². The fourth-order valence-corrected chi connectivity index (χ4v) is 5.63. The Morgan fingerprint density at radius 1 is 1.03 bits per heavy atom. The van der Waals surface area contributed by atoms with Gasteiger partial charge in [-0.2, -0.15) is 4.98 Å². The van der Waals surface area contributed by atoms with Crippen molar-refractivity contribution in [2.75, 3.05) is 12.4 Å². The second-order valence-electron chi connectivity index (χ2n) is 8.13. The van der Waals surface area contributed by atoms with Gasteiger partial charge in [-0.05, 0) is 37.1 Å². The van der Waals surface area contributed by atoms with Crippen molar-refractivity contribution in [2.45, 2.75) is 43.0 Å². The van der Waals surface area contributed by atoms with E-state index < -0.39 is 10.0 Å². The predicted molar refractivity (Wildman–Crippen MR) is 127 cm³/mol. The van der Waals surface area contributed by atoms with Crippen LogP contribution in [0.15, 0.2) is 65.8 Å². The summed E-state index contributed by atoms with van der Waals surface area (Å²) in [5.74, 6) is 0.890. The maximum Gasteiger partial charge on any atom is 0.269 e. The van der Waals surface area contributed by atoms with Crippen LogP contribution < -0.4 is 10.1 Å². The minimum Gasteiger partial charge on any atom is -0.481 e. The van der Waals surface area contributed by atoms with Crippen LogP contribution in [0.1, 0.15) is 32.1 Å². The van der Waals surface area contributed by atoms with Gasteiger partial charge in [0.05, 0.1) is 17.7 Å². The second-order valence-corrected chi connectivity index (χ2v) is 9.94. The molecule has 170 valence electrons. The van der Waals surface area contributed by atoms with Crippen LogP contribution in [0, 0.1) is 0 Å². The van der Waals surface area contributed by atoms with Crippen molar-refractivity contribution >= 4 is 27.0 Å². The number of aromatic nitrogens is 4. The third-order valence-electron chi connectivity index (χ3n) is 5.96. The van der Waals surface area contributed by atoms with E-state index in [1.165, 1.54) is 23.2 Å². The van der Waals surface area contributed by atoms with E-state index in [2.05, 4.69) is 15.3 Å². The maximum absolute atomic E-state index is 13.4.